The molecule has 0 spiro atoms. The van der Waals surface area contributed by atoms with Crippen LogP contribution in [-0.2, 0) is 0 Å². The van der Waals surface area contributed by atoms with Gasteiger partial charge in [0.05, 0.1) is 12.7 Å². The molecule has 0 aromatic carbocycles. The van der Waals surface area contributed by atoms with Gasteiger partial charge >= 0.3 is 6.09 Å². The Morgan fingerprint density at radius 3 is 2.55 bits per heavy atom. The Morgan fingerprint density at radius 1 is 1.73 bits per heavy atom. The predicted molar refractivity (Wildman–Crippen MR) is 34.7 cm³/mol. The molecule has 1 rings (SSSR count). The molecule has 0 radical (unpaired) electrons. The van der Waals surface area contributed by atoms with E-state index in [9.17, 15) is 4.79 Å². The Labute approximate surface area is 63.5 Å². The number of nitrogens with zero attached hydrogens (tertiary/aromatic N) is 2. The molecule has 0 atom stereocenters. The largest absolute Gasteiger partial charge is 0.465 e. The Hall–Kier alpha value is -1.28. The van der Waals surface area contributed by atoms with Crippen molar-refractivity contribution >= 4 is 6.09 Å². The van der Waals surface area contributed by atoms with Gasteiger partial charge in [-0.1, -0.05) is 0 Å². The van der Waals surface area contributed by atoms with E-state index in [1.54, 1.807) is 0 Å². The Kier molecular flexibility index (Phi) is 1.71. The quantitative estimate of drug-likeness (QED) is 0.535. The first-order valence-corrected chi connectivity index (χ1v) is 3.13. The third-order valence-corrected chi connectivity index (χ3v) is 1.80. The Morgan fingerprint density at radius 2 is 2.27 bits per heavy atom. The lowest BCUT2D eigenvalue weighted by Crippen LogP contribution is -2.59. The third kappa shape index (κ3) is 1.12. The van der Waals surface area contributed by atoms with Gasteiger partial charge in [0, 0.05) is 13.1 Å². The van der Waals surface area contributed by atoms with E-state index in [1.807, 2.05) is 6.07 Å². The highest BCUT2D eigenvalue weighted by Gasteiger charge is 2.45. The van der Waals surface area contributed by atoms with Crippen LogP contribution in [0.25, 0.3) is 0 Å². The van der Waals surface area contributed by atoms with Crippen LogP contribution in [0, 0.1) is 16.7 Å². The molecule has 5 heteroatoms. The molecule has 60 valence electrons. The fourth-order valence-corrected chi connectivity index (χ4v) is 1.03. The Bertz CT molecular complexity index is 214. The maximum Gasteiger partial charge on any atom is 0.407 e. The first-order chi connectivity index (χ1) is 5.13. The van der Waals surface area contributed by atoms with E-state index in [0.29, 0.717) is 0 Å². The first-order valence-electron chi connectivity index (χ1n) is 3.13. The van der Waals surface area contributed by atoms with E-state index in [0.717, 1.165) is 4.90 Å². The van der Waals surface area contributed by atoms with Crippen LogP contribution in [0.2, 0.25) is 0 Å². The molecule has 2 N–H and O–H groups in total. The smallest absolute Gasteiger partial charge is 0.407 e. The zero-order valence-corrected chi connectivity index (χ0v) is 5.82. The molecule has 0 aliphatic carbocycles. The molecule has 1 amide bonds. The molecule has 0 aromatic heterocycles. The molecule has 0 saturated carbocycles. The highest BCUT2D eigenvalue weighted by molar-refractivity contribution is 5.66. The highest BCUT2D eigenvalue weighted by Crippen LogP contribution is 2.28. The van der Waals surface area contributed by atoms with Crippen LogP contribution in [0.4, 0.5) is 4.79 Å². The molecule has 1 fully saturated rings. The van der Waals surface area contributed by atoms with E-state index in [2.05, 4.69) is 0 Å². The van der Waals surface area contributed by atoms with E-state index in [1.165, 1.54) is 0 Å². The molecule has 1 saturated heterocycles. The fraction of sp³-hybridized carbons (Fsp3) is 0.667. The number of hydrogen-bond donors (Lipinski definition) is 2. The van der Waals surface area contributed by atoms with Crippen molar-refractivity contribution in [2.75, 3.05) is 19.7 Å². The fourth-order valence-electron chi connectivity index (χ4n) is 1.03. The van der Waals surface area contributed by atoms with Crippen molar-refractivity contribution in [1.82, 2.24) is 4.90 Å². The molecule has 1 aliphatic heterocycles. The van der Waals surface area contributed by atoms with Gasteiger partial charge in [0.2, 0.25) is 0 Å². The minimum absolute atomic E-state index is 0.120. The number of aliphatic hydroxyl groups is 1. The van der Waals surface area contributed by atoms with Gasteiger partial charge in [-0.05, 0) is 0 Å². The molecule has 11 heavy (non-hydrogen) atoms. The van der Waals surface area contributed by atoms with Gasteiger partial charge in [-0.3, -0.25) is 0 Å². The molecular formula is C6H8N2O3. The number of nitriles is 1. The van der Waals surface area contributed by atoms with Gasteiger partial charge in [-0.15, -0.1) is 0 Å². The zero-order chi connectivity index (χ0) is 8.48. The van der Waals surface area contributed by atoms with Crippen molar-refractivity contribution in [3.63, 3.8) is 0 Å². The summed E-state index contributed by atoms with van der Waals surface area (Å²) in [5.74, 6) is 0. The molecular weight excluding hydrogens is 148 g/mol. The van der Waals surface area contributed by atoms with Crippen LogP contribution < -0.4 is 0 Å². The lowest BCUT2D eigenvalue weighted by Gasteiger charge is -2.42. The monoisotopic (exact) mass is 156 g/mol. The summed E-state index contributed by atoms with van der Waals surface area (Å²) in [6.45, 7) is -0.0298. The minimum Gasteiger partial charge on any atom is -0.465 e. The van der Waals surface area contributed by atoms with Crippen LogP contribution in [0.3, 0.4) is 0 Å². The molecule has 5 nitrogen and oxygen atoms in total. The summed E-state index contributed by atoms with van der Waals surface area (Å²) in [6, 6.07) is 1.89. The lowest BCUT2D eigenvalue weighted by atomic mass is 9.83. The molecule has 0 aromatic rings. The first kappa shape index (κ1) is 7.82. The van der Waals surface area contributed by atoms with Gasteiger partial charge in [-0.25, -0.2) is 4.79 Å². The third-order valence-electron chi connectivity index (χ3n) is 1.80. The summed E-state index contributed by atoms with van der Waals surface area (Å²) in [7, 11) is 0. The van der Waals surface area contributed by atoms with E-state index in [-0.39, 0.29) is 19.7 Å². The van der Waals surface area contributed by atoms with Crippen molar-refractivity contribution < 1.29 is 15.0 Å². The second-order valence-electron chi connectivity index (χ2n) is 2.69. The van der Waals surface area contributed by atoms with Gasteiger partial charge in [0.25, 0.3) is 0 Å². The average Bonchev–Trinajstić information content (AvgIpc) is 1.87. The van der Waals surface area contributed by atoms with Crippen molar-refractivity contribution in [3.8, 4) is 6.07 Å². The number of carbonyl (C=O) groups is 1. The summed E-state index contributed by atoms with van der Waals surface area (Å²) in [5, 5.41) is 25.6. The van der Waals surface area contributed by atoms with Crippen LogP contribution >= 0.6 is 0 Å². The van der Waals surface area contributed by atoms with Gasteiger partial charge in [0.1, 0.15) is 5.41 Å². The van der Waals surface area contributed by atoms with Crippen LogP contribution in [-0.4, -0.2) is 40.9 Å². The maximum atomic E-state index is 10.2. The molecule has 0 bridgehead atoms. The minimum atomic E-state index is -1.04. The zero-order valence-electron chi connectivity index (χ0n) is 5.82. The molecule has 0 unspecified atom stereocenters. The van der Waals surface area contributed by atoms with Crippen LogP contribution in [0.15, 0.2) is 0 Å². The Balaban J connectivity index is 2.50. The number of likely N-dealkylation sites (tertiary alicyclic amines) is 1. The lowest BCUT2D eigenvalue weighted by molar-refractivity contribution is 0.0102. The van der Waals surface area contributed by atoms with Gasteiger partial charge < -0.3 is 15.1 Å². The summed E-state index contributed by atoms with van der Waals surface area (Å²) < 4.78 is 0. The van der Waals surface area contributed by atoms with Gasteiger partial charge in [-0.2, -0.15) is 5.26 Å². The highest BCUT2D eigenvalue weighted by atomic mass is 16.4. The topological polar surface area (TPSA) is 84.6 Å². The number of amides is 1. The van der Waals surface area contributed by atoms with E-state index >= 15 is 0 Å². The standard InChI is InChI=1S/C6H8N2O3/c7-1-6(4-9)2-8(3-6)5(10)11/h9H,2-4H2,(H,10,11). The number of carboxylic acid groups (broad SMARTS) is 1. The summed E-state index contributed by atoms with van der Waals surface area (Å²) in [6.07, 6.45) is -1.04. The number of hydrogen-bond acceptors (Lipinski definition) is 3. The molecule has 1 heterocycles. The van der Waals surface area contributed by atoms with E-state index in [4.69, 9.17) is 15.5 Å². The summed E-state index contributed by atoms with van der Waals surface area (Å²) in [4.78, 5) is 11.3. The number of rotatable bonds is 1. The van der Waals surface area contributed by atoms with Gasteiger partial charge in [0.15, 0.2) is 0 Å². The van der Waals surface area contributed by atoms with Crippen molar-refractivity contribution in [1.29, 1.82) is 5.26 Å². The second-order valence-corrected chi connectivity index (χ2v) is 2.69. The maximum absolute atomic E-state index is 10.2. The van der Waals surface area contributed by atoms with Crippen molar-refractivity contribution in [2.45, 2.75) is 0 Å². The SMILES string of the molecule is N#CC1(CO)CN(C(=O)O)C1. The van der Waals surface area contributed by atoms with Crippen molar-refractivity contribution in [3.05, 3.63) is 0 Å². The molecule has 1 aliphatic rings. The van der Waals surface area contributed by atoms with E-state index < -0.39 is 11.5 Å². The second kappa shape index (κ2) is 2.40. The summed E-state index contributed by atoms with van der Waals surface area (Å²) >= 11 is 0. The van der Waals surface area contributed by atoms with Crippen LogP contribution in [0.1, 0.15) is 0 Å². The average molecular weight is 156 g/mol. The normalized spacial score (nSPS) is 20.2. The van der Waals surface area contributed by atoms with Crippen LogP contribution in [0.5, 0.6) is 0 Å². The summed E-state index contributed by atoms with van der Waals surface area (Å²) in [5.41, 5.74) is -0.835. The number of aliphatic hydroxyl groups excluding tert-OH is 1. The van der Waals surface area contributed by atoms with Crippen molar-refractivity contribution in [2.24, 2.45) is 5.41 Å². The predicted octanol–water partition coefficient (Wildman–Crippen LogP) is -0.518.